The third-order valence-corrected chi connectivity index (χ3v) is 1.56. The molecule has 60 valence electrons. The molecule has 3 heteroatoms. The lowest BCUT2D eigenvalue weighted by Gasteiger charge is -1.98. The van der Waals surface area contributed by atoms with Gasteiger partial charge in [-0.2, -0.15) is 5.10 Å². The van der Waals surface area contributed by atoms with E-state index >= 15 is 0 Å². The van der Waals surface area contributed by atoms with Crippen LogP contribution < -0.4 is 0 Å². The minimum atomic E-state index is 0.687. The highest BCUT2D eigenvalue weighted by Gasteiger charge is 1.94. The first-order valence-electron chi connectivity index (χ1n) is 3.51. The van der Waals surface area contributed by atoms with Gasteiger partial charge in [-0.15, -0.1) is 6.58 Å². The number of rotatable bonds is 3. The normalized spacial score (nSPS) is 10.0. The van der Waals surface area contributed by atoms with E-state index in [-0.39, 0.29) is 0 Å². The van der Waals surface area contributed by atoms with Crippen LogP contribution in [0.3, 0.4) is 0 Å². The van der Waals surface area contributed by atoms with E-state index in [1.54, 1.807) is 6.20 Å². The molecule has 0 aliphatic carbocycles. The van der Waals surface area contributed by atoms with Crippen molar-refractivity contribution >= 4 is 11.6 Å². The first-order valence-corrected chi connectivity index (χ1v) is 3.88. The van der Waals surface area contributed by atoms with E-state index in [2.05, 4.69) is 11.7 Å². The average molecular weight is 171 g/mol. The summed E-state index contributed by atoms with van der Waals surface area (Å²) < 4.78 is 1.82. The van der Waals surface area contributed by atoms with E-state index in [0.717, 1.165) is 18.5 Å². The Morgan fingerprint density at radius 1 is 1.82 bits per heavy atom. The Hall–Kier alpha value is -0.760. The van der Waals surface area contributed by atoms with Crippen molar-refractivity contribution in [1.29, 1.82) is 0 Å². The Morgan fingerprint density at radius 3 is 3.00 bits per heavy atom. The summed E-state index contributed by atoms with van der Waals surface area (Å²) >= 11 is 5.67. The third kappa shape index (κ3) is 2.76. The molecule has 0 aromatic carbocycles. The fourth-order valence-corrected chi connectivity index (χ4v) is 0.922. The molecule has 0 aliphatic heterocycles. The maximum atomic E-state index is 5.67. The van der Waals surface area contributed by atoms with E-state index in [1.165, 1.54) is 0 Å². The molecule has 0 N–H and O–H groups in total. The van der Waals surface area contributed by atoms with Gasteiger partial charge in [-0.25, -0.2) is 0 Å². The van der Waals surface area contributed by atoms with Crippen molar-refractivity contribution in [2.75, 3.05) is 0 Å². The van der Waals surface area contributed by atoms with Crippen molar-refractivity contribution in [2.24, 2.45) is 0 Å². The predicted molar refractivity (Wildman–Crippen MR) is 46.7 cm³/mol. The molecular formula is C8H11ClN2. The number of aryl methyl sites for hydroxylation is 1. The molecule has 11 heavy (non-hydrogen) atoms. The van der Waals surface area contributed by atoms with Gasteiger partial charge in [-0.1, -0.05) is 17.2 Å². The van der Waals surface area contributed by atoms with Crippen molar-refractivity contribution in [3.63, 3.8) is 0 Å². The van der Waals surface area contributed by atoms with Gasteiger partial charge in [0.25, 0.3) is 0 Å². The molecule has 0 atom stereocenters. The lowest BCUT2D eigenvalue weighted by Crippen LogP contribution is -1.97. The lowest BCUT2D eigenvalue weighted by atomic mass is 10.2. The molecule has 2 nitrogen and oxygen atoms in total. The van der Waals surface area contributed by atoms with Gasteiger partial charge in [0.1, 0.15) is 0 Å². The molecule has 1 heterocycles. The Balaban J connectivity index is 2.45. The van der Waals surface area contributed by atoms with Gasteiger partial charge < -0.3 is 0 Å². The van der Waals surface area contributed by atoms with Crippen LogP contribution in [0.25, 0.3) is 0 Å². The largest absolute Gasteiger partial charge is 0.271 e. The standard InChI is InChI=1S/C8H11ClN2/c1-7(2)3-4-11-6-8(9)5-10-11/h5-6H,1,3-4H2,2H3. The van der Waals surface area contributed by atoms with Crippen LogP contribution in [-0.2, 0) is 6.54 Å². The van der Waals surface area contributed by atoms with Crippen molar-refractivity contribution in [3.8, 4) is 0 Å². The second-order valence-electron chi connectivity index (χ2n) is 2.63. The van der Waals surface area contributed by atoms with Gasteiger partial charge in [-0.05, 0) is 13.3 Å². The second kappa shape index (κ2) is 3.58. The van der Waals surface area contributed by atoms with E-state index in [9.17, 15) is 0 Å². The SMILES string of the molecule is C=C(C)CCn1cc(Cl)cn1. The Morgan fingerprint density at radius 2 is 2.55 bits per heavy atom. The van der Waals surface area contributed by atoms with Crippen LogP contribution in [0.2, 0.25) is 5.02 Å². The summed E-state index contributed by atoms with van der Waals surface area (Å²) in [6, 6.07) is 0. The highest BCUT2D eigenvalue weighted by molar-refractivity contribution is 6.30. The molecule has 0 spiro atoms. The molecule has 1 aromatic rings. The smallest absolute Gasteiger partial charge is 0.0785 e. The number of allylic oxidation sites excluding steroid dienone is 1. The minimum Gasteiger partial charge on any atom is -0.271 e. The monoisotopic (exact) mass is 170 g/mol. The van der Waals surface area contributed by atoms with Crippen LogP contribution in [-0.4, -0.2) is 9.78 Å². The zero-order valence-corrected chi connectivity index (χ0v) is 7.30. The zero-order chi connectivity index (χ0) is 8.27. The highest BCUT2D eigenvalue weighted by Crippen LogP contribution is 2.06. The maximum absolute atomic E-state index is 5.67. The Bertz CT molecular complexity index is 252. The Kier molecular flexibility index (Phi) is 2.71. The topological polar surface area (TPSA) is 17.8 Å². The van der Waals surface area contributed by atoms with Crippen LogP contribution in [0.4, 0.5) is 0 Å². The fourth-order valence-electron chi connectivity index (χ4n) is 0.766. The van der Waals surface area contributed by atoms with Gasteiger partial charge in [0.05, 0.1) is 11.2 Å². The number of hydrogen-bond donors (Lipinski definition) is 0. The molecule has 1 rings (SSSR count). The molecule has 0 amide bonds. The fraction of sp³-hybridized carbons (Fsp3) is 0.375. The molecule has 0 fully saturated rings. The first-order chi connectivity index (χ1) is 5.18. The summed E-state index contributed by atoms with van der Waals surface area (Å²) in [7, 11) is 0. The van der Waals surface area contributed by atoms with Gasteiger partial charge >= 0.3 is 0 Å². The number of halogens is 1. The van der Waals surface area contributed by atoms with Crippen molar-refractivity contribution in [3.05, 3.63) is 29.6 Å². The minimum absolute atomic E-state index is 0.687. The van der Waals surface area contributed by atoms with Crippen LogP contribution in [0.15, 0.2) is 24.5 Å². The van der Waals surface area contributed by atoms with Crippen LogP contribution in [0.1, 0.15) is 13.3 Å². The summed E-state index contributed by atoms with van der Waals surface area (Å²) in [6.45, 7) is 6.67. The highest BCUT2D eigenvalue weighted by atomic mass is 35.5. The van der Waals surface area contributed by atoms with Gasteiger partial charge in [0.15, 0.2) is 0 Å². The summed E-state index contributed by atoms with van der Waals surface area (Å²) in [5.41, 5.74) is 1.16. The zero-order valence-electron chi connectivity index (χ0n) is 6.55. The van der Waals surface area contributed by atoms with Crippen LogP contribution in [0.5, 0.6) is 0 Å². The molecule has 0 radical (unpaired) electrons. The average Bonchev–Trinajstić information content (AvgIpc) is 2.31. The molecule has 0 unspecified atom stereocenters. The summed E-state index contributed by atoms with van der Waals surface area (Å²) in [4.78, 5) is 0. The quantitative estimate of drug-likeness (QED) is 0.638. The lowest BCUT2D eigenvalue weighted by molar-refractivity contribution is 0.613. The van der Waals surface area contributed by atoms with Crippen molar-refractivity contribution in [2.45, 2.75) is 19.9 Å². The molecule has 1 aromatic heterocycles. The number of nitrogens with zero attached hydrogens (tertiary/aromatic N) is 2. The summed E-state index contributed by atoms with van der Waals surface area (Å²) in [5.74, 6) is 0. The van der Waals surface area contributed by atoms with E-state index in [4.69, 9.17) is 11.6 Å². The van der Waals surface area contributed by atoms with E-state index in [0.29, 0.717) is 5.02 Å². The van der Waals surface area contributed by atoms with E-state index in [1.807, 2.05) is 17.8 Å². The van der Waals surface area contributed by atoms with Crippen LogP contribution in [0, 0.1) is 0 Å². The summed E-state index contributed by atoms with van der Waals surface area (Å²) in [6.07, 6.45) is 4.41. The van der Waals surface area contributed by atoms with E-state index < -0.39 is 0 Å². The molecular weight excluding hydrogens is 160 g/mol. The molecule has 0 saturated heterocycles. The second-order valence-corrected chi connectivity index (χ2v) is 3.07. The number of hydrogen-bond acceptors (Lipinski definition) is 1. The predicted octanol–water partition coefficient (Wildman–Crippen LogP) is 2.50. The van der Waals surface area contributed by atoms with Crippen molar-refractivity contribution < 1.29 is 0 Å². The molecule has 0 aliphatic rings. The summed E-state index contributed by atoms with van der Waals surface area (Å²) in [5, 5.41) is 4.72. The Labute approximate surface area is 71.5 Å². The first kappa shape index (κ1) is 8.34. The van der Waals surface area contributed by atoms with Gasteiger partial charge in [-0.3, -0.25) is 4.68 Å². The molecule has 0 bridgehead atoms. The third-order valence-electron chi connectivity index (χ3n) is 1.37. The van der Waals surface area contributed by atoms with Crippen molar-refractivity contribution in [1.82, 2.24) is 9.78 Å². The van der Waals surface area contributed by atoms with Crippen LogP contribution >= 0.6 is 11.6 Å². The molecule has 0 saturated carbocycles. The van der Waals surface area contributed by atoms with Gasteiger partial charge in [0.2, 0.25) is 0 Å². The maximum Gasteiger partial charge on any atom is 0.0785 e. The van der Waals surface area contributed by atoms with Gasteiger partial charge in [0, 0.05) is 12.7 Å². The number of aromatic nitrogens is 2.